The molecule has 1 aliphatic rings. The number of amides is 2. The van der Waals surface area contributed by atoms with Gasteiger partial charge in [-0.25, -0.2) is 11.6 Å². The van der Waals surface area contributed by atoms with Crippen LogP contribution in [-0.4, -0.2) is 54.4 Å². The van der Waals surface area contributed by atoms with Gasteiger partial charge in [0, 0.05) is 56.4 Å². The minimum absolute atomic E-state index is 0.0850. The lowest BCUT2D eigenvalue weighted by Crippen LogP contribution is -2.49. The van der Waals surface area contributed by atoms with Crippen LogP contribution in [0.15, 0.2) is 66.9 Å². The molecule has 9 nitrogen and oxygen atoms in total. The fourth-order valence-electron chi connectivity index (χ4n) is 3.94. The van der Waals surface area contributed by atoms with Crippen molar-refractivity contribution < 1.29 is 9.59 Å². The third-order valence-electron chi connectivity index (χ3n) is 5.85. The molecule has 0 unspecified atom stereocenters. The number of nitrogens with one attached hydrogen (secondary N) is 2. The van der Waals surface area contributed by atoms with Crippen molar-refractivity contribution in [3.05, 3.63) is 89.4 Å². The zero-order valence-corrected chi connectivity index (χ0v) is 19.3. The third-order valence-corrected chi connectivity index (χ3v) is 5.85. The fourth-order valence-corrected chi connectivity index (χ4v) is 3.94. The molecule has 0 bridgehead atoms. The number of carbonyl (C=O) groups is 2. The van der Waals surface area contributed by atoms with Crippen LogP contribution in [0.1, 0.15) is 15.9 Å². The van der Waals surface area contributed by atoms with E-state index in [1.807, 2.05) is 54.6 Å². The van der Waals surface area contributed by atoms with Gasteiger partial charge in [-0.15, -0.1) is 0 Å². The van der Waals surface area contributed by atoms with Crippen molar-refractivity contribution in [3.8, 4) is 0 Å². The van der Waals surface area contributed by atoms with Crippen LogP contribution < -0.4 is 21.3 Å². The minimum atomic E-state index is -0.542. The standard InChI is InChI=1S/C26H27N7O2/c1-28-18-25(34)33-13-11-32(12-14-33)21-9-7-20(8-10-21)31-24-15-23(22(17-30-24)26(27)35)29-16-19-5-3-2-4-6-19/h2-10,15,17H,11-14,16,18H2,(H2,27,35)(H2,29,30,31). The molecular weight excluding hydrogens is 442 g/mol. The molecule has 3 aromatic rings. The van der Waals surface area contributed by atoms with E-state index < -0.39 is 5.91 Å². The number of hydrogen-bond donors (Lipinski definition) is 3. The molecule has 2 heterocycles. The Morgan fingerprint density at radius 1 is 1.03 bits per heavy atom. The molecule has 35 heavy (non-hydrogen) atoms. The summed E-state index contributed by atoms with van der Waals surface area (Å²) in [5.41, 5.74) is 9.48. The predicted molar refractivity (Wildman–Crippen MR) is 137 cm³/mol. The molecule has 0 radical (unpaired) electrons. The highest BCUT2D eigenvalue weighted by Crippen LogP contribution is 2.24. The zero-order valence-electron chi connectivity index (χ0n) is 19.3. The molecule has 0 atom stereocenters. The number of pyridine rings is 1. The van der Waals surface area contributed by atoms with Crippen molar-refractivity contribution >= 4 is 34.7 Å². The monoisotopic (exact) mass is 469 g/mol. The predicted octanol–water partition coefficient (Wildman–Crippen LogP) is 3.10. The highest BCUT2D eigenvalue weighted by atomic mass is 16.2. The lowest BCUT2D eigenvalue weighted by atomic mass is 10.2. The van der Waals surface area contributed by atoms with Crippen molar-refractivity contribution in [3.63, 3.8) is 0 Å². The first kappa shape index (κ1) is 23.6. The summed E-state index contributed by atoms with van der Waals surface area (Å²) in [6, 6.07) is 19.6. The first-order valence-electron chi connectivity index (χ1n) is 11.3. The van der Waals surface area contributed by atoms with E-state index in [4.69, 9.17) is 12.3 Å². The second-order valence-electron chi connectivity index (χ2n) is 8.17. The number of aromatic nitrogens is 1. The molecule has 1 fully saturated rings. The van der Waals surface area contributed by atoms with Crippen LogP contribution in [0, 0.1) is 6.57 Å². The molecule has 1 aromatic heterocycles. The van der Waals surface area contributed by atoms with Crippen LogP contribution >= 0.6 is 0 Å². The van der Waals surface area contributed by atoms with E-state index >= 15 is 0 Å². The van der Waals surface area contributed by atoms with Gasteiger partial charge < -0.3 is 31.0 Å². The number of nitrogens with zero attached hydrogens (tertiary/aromatic N) is 4. The average Bonchev–Trinajstić information content (AvgIpc) is 2.89. The molecule has 2 aromatic carbocycles. The van der Waals surface area contributed by atoms with Crippen LogP contribution in [0.2, 0.25) is 0 Å². The van der Waals surface area contributed by atoms with Crippen molar-refractivity contribution in [2.45, 2.75) is 6.54 Å². The lowest BCUT2D eigenvalue weighted by Gasteiger charge is -2.35. The lowest BCUT2D eigenvalue weighted by molar-refractivity contribution is -0.129. The van der Waals surface area contributed by atoms with Gasteiger partial charge >= 0.3 is 5.91 Å². The number of hydrogen-bond acceptors (Lipinski definition) is 6. The molecule has 1 saturated heterocycles. The first-order chi connectivity index (χ1) is 17.0. The van der Waals surface area contributed by atoms with Gasteiger partial charge in [0.05, 0.1) is 11.3 Å². The Morgan fingerprint density at radius 3 is 2.40 bits per heavy atom. The summed E-state index contributed by atoms with van der Waals surface area (Å²) >= 11 is 0. The van der Waals surface area contributed by atoms with Gasteiger partial charge in [-0.1, -0.05) is 30.3 Å². The van der Waals surface area contributed by atoms with Gasteiger partial charge in [0.2, 0.25) is 0 Å². The number of carbonyl (C=O) groups excluding carboxylic acids is 2. The summed E-state index contributed by atoms with van der Waals surface area (Å²) in [6.07, 6.45) is 1.47. The zero-order chi connectivity index (χ0) is 24.6. The second-order valence-corrected chi connectivity index (χ2v) is 8.17. The molecule has 178 valence electrons. The van der Waals surface area contributed by atoms with E-state index in [1.165, 1.54) is 6.20 Å². The van der Waals surface area contributed by atoms with Crippen LogP contribution in [0.4, 0.5) is 22.9 Å². The summed E-state index contributed by atoms with van der Waals surface area (Å²) in [4.78, 5) is 35.3. The number of benzene rings is 2. The summed E-state index contributed by atoms with van der Waals surface area (Å²) < 4.78 is 0. The molecule has 0 saturated carbocycles. The number of primary amides is 1. The topological polar surface area (TPSA) is 108 Å². The SMILES string of the molecule is [C-]#[N+]CC(=O)N1CCN(c2ccc(Nc3cc(NCc4ccccc4)c(C(N)=O)cn3)cc2)CC1. The molecule has 9 heteroatoms. The molecule has 1 aliphatic heterocycles. The van der Waals surface area contributed by atoms with Gasteiger partial charge in [-0.3, -0.25) is 9.59 Å². The molecule has 4 rings (SSSR count). The van der Waals surface area contributed by atoms with Gasteiger partial charge in [0.15, 0.2) is 0 Å². The normalized spacial score (nSPS) is 13.1. The van der Waals surface area contributed by atoms with E-state index in [0.29, 0.717) is 36.7 Å². The Labute approximate surface area is 204 Å². The molecular formula is C26H27N7O2. The van der Waals surface area contributed by atoms with E-state index in [1.54, 1.807) is 11.0 Å². The fraction of sp³-hybridized carbons (Fsp3) is 0.231. The minimum Gasteiger partial charge on any atom is -0.380 e. The van der Waals surface area contributed by atoms with Gasteiger partial charge in [-0.05, 0) is 29.8 Å². The van der Waals surface area contributed by atoms with Crippen LogP contribution in [0.25, 0.3) is 4.85 Å². The van der Waals surface area contributed by atoms with Crippen molar-refractivity contribution in [2.24, 2.45) is 5.73 Å². The smallest absolute Gasteiger partial charge is 0.302 e. The van der Waals surface area contributed by atoms with E-state index in [2.05, 4.69) is 25.4 Å². The molecule has 4 N–H and O–H groups in total. The van der Waals surface area contributed by atoms with Crippen molar-refractivity contribution in [2.75, 3.05) is 48.3 Å². The first-order valence-corrected chi connectivity index (χ1v) is 11.3. The van der Waals surface area contributed by atoms with Gasteiger partial charge in [-0.2, -0.15) is 0 Å². The van der Waals surface area contributed by atoms with Crippen molar-refractivity contribution in [1.82, 2.24) is 9.88 Å². The summed E-state index contributed by atoms with van der Waals surface area (Å²) in [5, 5.41) is 6.55. The number of piperazine rings is 1. The van der Waals surface area contributed by atoms with E-state index in [9.17, 15) is 9.59 Å². The maximum absolute atomic E-state index is 11.9. The van der Waals surface area contributed by atoms with Crippen LogP contribution in [0.5, 0.6) is 0 Å². The molecule has 2 amide bonds. The quantitative estimate of drug-likeness (QED) is 0.438. The Hall–Kier alpha value is -4.58. The maximum atomic E-state index is 11.9. The van der Waals surface area contributed by atoms with E-state index in [0.717, 1.165) is 30.0 Å². The maximum Gasteiger partial charge on any atom is 0.302 e. The second kappa shape index (κ2) is 11.0. The Bertz CT molecular complexity index is 1210. The number of anilines is 4. The molecule has 0 aliphatic carbocycles. The third kappa shape index (κ3) is 6.06. The van der Waals surface area contributed by atoms with Gasteiger partial charge in [0.1, 0.15) is 5.82 Å². The Kier molecular flexibility index (Phi) is 7.43. The summed E-state index contributed by atoms with van der Waals surface area (Å²) in [5.74, 6) is -0.0585. The van der Waals surface area contributed by atoms with Crippen LogP contribution in [0.3, 0.4) is 0 Å². The average molecular weight is 470 g/mol. The highest BCUT2D eigenvalue weighted by molar-refractivity contribution is 5.98. The largest absolute Gasteiger partial charge is 0.380 e. The number of rotatable bonds is 8. The molecule has 0 spiro atoms. The summed E-state index contributed by atoms with van der Waals surface area (Å²) in [7, 11) is 0. The highest BCUT2D eigenvalue weighted by Gasteiger charge is 2.22. The number of nitrogens with two attached hydrogens (primary N) is 1. The van der Waals surface area contributed by atoms with E-state index in [-0.39, 0.29) is 12.5 Å². The van der Waals surface area contributed by atoms with Gasteiger partial charge in [0.25, 0.3) is 12.5 Å². The summed E-state index contributed by atoms with van der Waals surface area (Å²) in [6.45, 7) is 10.0. The Morgan fingerprint density at radius 2 is 1.74 bits per heavy atom. The van der Waals surface area contributed by atoms with Crippen molar-refractivity contribution in [1.29, 1.82) is 0 Å². The van der Waals surface area contributed by atoms with Crippen LogP contribution in [-0.2, 0) is 11.3 Å². The Balaban J connectivity index is 1.39.